The maximum Gasteiger partial charge on any atom is 0.138 e. The highest BCUT2D eigenvalue weighted by Crippen LogP contribution is 2.44. The minimum absolute atomic E-state index is 0.459. The predicted molar refractivity (Wildman–Crippen MR) is 99.1 cm³/mol. The number of nitrogens with zero attached hydrogens (tertiary/aromatic N) is 3. The van der Waals surface area contributed by atoms with Crippen LogP contribution < -0.4 is 16.8 Å². The molecular weight excluding hydrogens is 320 g/mol. The van der Waals surface area contributed by atoms with E-state index in [2.05, 4.69) is 34.3 Å². The molecule has 0 radical (unpaired) electrons. The van der Waals surface area contributed by atoms with Gasteiger partial charge in [-0.1, -0.05) is 0 Å². The van der Waals surface area contributed by atoms with Crippen LogP contribution in [0.15, 0.2) is 6.33 Å². The van der Waals surface area contributed by atoms with Crippen LogP contribution in [-0.4, -0.2) is 41.0 Å². The third kappa shape index (κ3) is 2.69. The van der Waals surface area contributed by atoms with Crippen LogP contribution in [0, 0.1) is 0 Å². The number of aromatic nitrogens is 2. The first-order chi connectivity index (χ1) is 11.5. The van der Waals surface area contributed by atoms with Crippen molar-refractivity contribution in [2.45, 2.75) is 56.3 Å². The molecule has 2 aromatic heterocycles. The van der Waals surface area contributed by atoms with Crippen molar-refractivity contribution in [3.05, 3.63) is 16.8 Å². The van der Waals surface area contributed by atoms with Crippen molar-refractivity contribution in [1.29, 1.82) is 0 Å². The van der Waals surface area contributed by atoms with Crippen molar-refractivity contribution in [3.8, 4) is 0 Å². The van der Waals surface area contributed by atoms with E-state index in [4.69, 9.17) is 11.5 Å². The maximum absolute atomic E-state index is 6.35. The minimum Gasteiger partial charge on any atom is -0.367 e. The molecule has 0 unspecified atom stereocenters. The molecule has 0 atom stereocenters. The van der Waals surface area contributed by atoms with Crippen molar-refractivity contribution in [2.24, 2.45) is 11.5 Å². The zero-order valence-corrected chi connectivity index (χ0v) is 15.2. The largest absolute Gasteiger partial charge is 0.367 e. The fourth-order valence-electron chi connectivity index (χ4n) is 4.13. The summed E-state index contributed by atoms with van der Waals surface area (Å²) in [6, 6.07) is 1.15. The standard InChI is InChI=1S/C17H26N6S/c1-23(2)11-5-3-10(4-6-11)22-15-13-14-12(7-8-17(14,18)19)24-16(13)21-9-20-15/h9-11H,3-8,18-19H2,1-2H3,(H,20,21,22). The molecule has 2 aliphatic carbocycles. The summed E-state index contributed by atoms with van der Waals surface area (Å²) in [5, 5.41) is 4.71. The Balaban J connectivity index is 1.62. The zero-order chi connectivity index (χ0) is 16.9. The fraction of sp³-hybridized carbons (Fsp3) is 0.647. The molecule has 0 spiro atoms. The number of hydrogen-bond donors (Lipinski definition) is 3. The van der Waals surface area contributed by atoms with E-state index in [1.165, 1.54) is 17.7 Å². The van der Waals surface area contributed by atoms with Gasteiger partial charge in [0.05, 0.1) is 11.0 Å². The van der Waals surface area contributed by atoms with Crippen LogP contribution in [0.3, 0.4) is 0 Å². The van der Waals surface area contributed by atoms with Gasteiger partial charge in [0.2, 0.25) is 0 Å². The number of fused-ring (bicyclic) bond motifs is 3. The van der Waals surface area contributed by atoms with Gasteiger partial charge < -0.3 is 21.7 Å². The molecule has 7 heteroatoms. The fourth-order valence-corrected chi connectivity index (χ4v) is 5.36. The topological polar surface area (TPSA) is 93.1 Å². The molecule has 6 nitrogen and oxygen atoms in total. The summed E-state index contributed by atoms with van der Waals surface area (Å²) in [6.45, 7) is 0. The summed E-state index contributed by atoms with van der Waals surface area (Å²) in [6.07, 6.45) is 8.16. The molecule has 0 saturated heterocycles. The summed E-state index contributed by atoms with van der Waals surface area (Å²) in [7, 11) is 4.34. The van der Waals surface area contributed by atoms with Crippen LogP contribution in [0.1, 0.15) is 42.5 Å². The molecule has 130 valence electrons. The number of hydrogen-bond acceptors (Lipinski definition) is 7. The molecule has 24 heavy (non-hydrogen) atoms. The van der Waals surface area contributed by atoms with E-state index < -0.39 is 5.66 Å². The first-order valence-corrected chi connectivity index (χ1v) is 9.55. The van der Waals surface area contributed by atoms with Gasteiger partial charge in [0, 0.05) is 22.5 Å². The SMILES string of the molecule is CN(C)C1CCC(Nc2ncnc3sc4c(c23)C(N)(N)CC4)CC1. The zero-order valence-electron chi connectivity index (χ0n) is 14.4. The van der Waals surface area contributed by atoms with Gasteiger partial charge in [-0.3, -0.25) is 0 Å². The highest BCUT2D eigenvalue weighted by molar-refractivity contribution is 7.19. The Labute approximate surface area is 146 Å². The Morgan fingerprint density at radius 3 is 2.67 bits per heavy atom. The van der Waals surface area contributed by atoms with Crippen molar-refractivity contribution in [1.82, 2.24) is 14.9 Å². The lowest BCUT2D eigenvalue weighted by Gasteiger charge is -2.33. The van der Waals surface area contributed by atoms with E-state index in [1.54, 1.807) is 17.7 Å². The van der Waals surface area contributed by atoms with E-state index in [0.717, 1.165) is 47.3 Å². The molecule has 1 saturated carbocycles. The number of rotatable bonds is 3. The highest BCUT2D eigenvalue weighted by Gasteiger charge is 2.37. The molecule has 2 heterocycles. The second-order valence-corrected chi connectivity index (χ2v) is 8.54. The van der Waals surface area contributed by atoms with Crippen LogP contribution in [0.4, 0.5) is 5.82 Å². The summed E-state index contributed by atoms with van der Waals surface area (Å²) in [4.78, 5) is 13.6. The van der Waals surface area contributed by atoms with Gasteiger partial charge in [0.15, 0.2) is 0 Å². The Hall–Kier alpha value is -1.28. The van der Waals surface area contributed by atoms with Gasteiger partial charge in [-0.25, -0.2) is 9.97 Å². The van der Waals surface area contributed by atoms with Crippen molar-refractivity contribution < 1.29 is 0 Å². The summed E-state index contributed by atoms with van der Waals surface area (Å²) in [5.74, 6) is 0.910. The maximum atomic E-state index is 6.35. The molecule has 1 fully saturated rings. The molecule has 0 aromatic carbocycles. The minimum atomic E-state index is -0.753. The first kappa shape index (κ1) is 16.2. The molecule has 5 N–H and O–H groups in total. The van der Waals surface area contributed by atoms with Gasteiger partial charge in [-0.2, -0.15) is 0 Å². The molecular formula is C17H26N6S. The lowest BCUT2D eigenvalue weighted by molar-refractivity contribution is 0.221. The molecule has 4 rings (SSSR count). The van der Waals surface area contributed by atoms with Gasteiger partial charge in [0.25, 0.3) is 0 Å². The van der Waals surface area contributed by atoms with Gasteiger partial charge >= 0.3 is 0 Å². The second kappa shape index (κ2) is 5.91. The average molecular weight is 347 g/mol. The number of nitrogens with one attached hydrogen (secondary N) is 1. The van der Waals surface area contributed by atoms with Crippen LogP contribution >= 0.6 is 11.3 Å². The van der Waals surface area contributed by atoms with Crippen molar-refractivity contribution >= 4 is 27.4 Å². The number of aryl methyl sites for hydroxylation is 1. The van der Waals surface area contributed by atoms with E-state index in [0.29, 0.717) is 12.1 Å². The van der Waals surface area contributed by atoms with Crippen molar-refractivity contribution in [3.63, 3.8) is 0 Å². The number of anilines is 1. The van der Waals surface area contributed by atoms with Crippen LogP contribution in [0.2, 0.25) is 0 Å². The lowest BCUT2D eigenvalue weighted by atomic mass is 9.90. The monoisotopic (exact) mass is 346 g/mol. The summed E-state index contributed by atoms with van der Waals surface area (Å²) < 4.78 is 0. The van der Waals surface area contributed by atoms with Crippen molar-refractivity contribution in [2.75, 3.05) is 19.4 Å². The smallest absolute Gasteiger partial charge is 0.138 e. The third-order valence-corrected chi connectivity index (χ3v) is 6.72. The van der Waals surface area contributed by atoms with E-state index >= 15 is 0 Å². The average Bonchev–Trinajstić information content (AvgIpc) is 3.06. The Kier molecular flexibility index (Phi) is 3.99. The molecule has 2 aromatic rings. The van der Waals surface area contributed by atoms with E-state index in [-0.39, 0.29) is 0 Å². The first-order valence-electron chi connectivity index (χ1n) is 8.73. The molecule has 0 bridgehead atoms. The molecule has 2 aliphatic rings. The summed E-state index contributed by atoms with van der Waals surface area (Å²) >= 11 is 1.71. The summed E-state index contributed by atoms with van der Waals surface area (Å²) in [5.41, 5.74) is 13.0. The highest BCUT2D eigenvalue weighted by atomic mass is 32.1. The van der Waals surface area contributed by atoms with Crippen LogP contribution in [0.25, 0.3) is 10.2 Å². The molecule has 0 aliphatic heterocycles. The van der Waals surface area contributed by atoms with Gasteiger partial charge in [0.1, 0.15) is 17.0 Å². The van der Waals surface area contributed by atoms with E-state index in [9.17, 15) is 0 Å². The quantitative estimate of drug-likeness (QED) is 0.736. The molecule has 0 amide bonds. The Bertz CT molecular complexity index is 745. The number of nitrogens with two attached hydrogens (primary N) is 2. The Morgan fingerprint density at radius 1 is 1.21 bits per heavy atom. The van der Waals surface area contributed by atoms with E-state index in [1.807, 2.05) is 0 Å². The van der Waals surface area contributed by atoms with Gasteiger partial charge in [-0.15, -0.1) is 11.3 Å². The van der Waals surface area contributed by atoms with Gasteiger partial charge in [-0.05, 0) is 52.6 Å². The third-order valence-electron chi connectivity index (χ3n) is 5.56. The Morgan fingerprint density at radius 2 is 1.96 bits per heavy atom. The van der Waals surface area contributed by atoms with Crippen LogP contribution in [-0.2, 0) is 12.1 Å². The lowest BCUT2D eigenvalue weighted by Crippen LogP contribution is -2.43. The predicted octanol–water partition coefficient (Wildman–Crippen LogP) is 1.99. The number of thiophene rings is 1. The van der Waals surface area contributed by atoms with Crippen LogP contribution in [0.5, 0.6) is 0 Å². The second-order valence-electron chi connectivity index (χ2n) is 7.46. The normalized spacial score (nSPS) is 26.0.